The van der Waals surface area contributed by atoms with E-state index in [0.29, 0.717) is 12.5 Å². The molecule has 2 rings (SSSR count). The molecule has 15 heavy (non-hydrogen) atoms. The van der Waals surface area contributed by atoms with Crippen LogP contribution in [0.25, 0.3) is 5.65 Å². The number of aryl methyl sites for hydroxylation is 1. The molecular weight excluding hydrogens is 188 g/mol. The van der Waals surface area contributed by atoms with Gasteiger partial charge in [-0.3, -0.25) is 0 Å². The third kappa shape index (κ3) is 1.65. The molecule has 0 saturated heterocycles. The third-order valence-corrected chi connectivity index (χ3v) is 2.61. The highest BCUT2D eigenvalue weighted by atomic mass is 15.3. The summed E-state index contributed by atoms with van der Waals surface area (Å²) in [5.74, 6) is 0.627. The fraction of sp³-hybridized carbons (Fsp3) is 0.545. The van der Waals surface area contributed by atoms with Crippen molar-refractivity contribution in [3.63, 3.8) is 0 Å². The molecule has 4 nitrogen and oxygen atoms in total. The fourth-order valence-corrected chi connectivity index (χ4v) is 1.97. The first kappa shape index (κ1) is 10.2. The molecule has 0 atom stereocenters. The van der Waals surface area contributed by atoms with Gasteiger partial charge in [0.2, 0.25) is 0 Å². The van der Waals surface area contributed by atoms with Gasteiger partial charge in [-0.25, -0.2) is 4.52 Å². The predicted molar refractivity (Wildman–Crippen MR) is 60.6 cm³/mol. The predicted octanol–water partition coefficient (Wildman–Crippen LogP) is 1.56. The van der Waals surface area contributed by atoms with Crippen molar-refractivity contribution in [2.45, 2.75) is 33.9 Å². The highest BCUT2D eigenvalue weighted by Gasteiger charge is 2.12. The second kappa shape index (κ2) is 3.70. The average Bonchev–Trinajstić information content (AvgIpc) is 2.65. The Morgan fingerprint density at radius 2 is 2.13 bits per heavy atom. The summed E-state index contributed by atoms with van der Waals surface area (Å²) in [5.41, 5.74) is 9.08. The Bertz CT molecular complexity index is 464. The summed E-state index contributed by atoms with van der Waals surface area (Å²) in [7, 11) is 0. The lowest BCUT2D eigenvalue weighted by Gasteiger charge is -2.07. The molecule has 2 aromatic heterocycles. The fourth-order valence-electron chi connectivity index (χ4n) is 1.97. The molecule has 0 aliphatic heterocycles. The van der Waals surface area contributed by atoms with Crippen LogP contribution in [0.4, 0.5) is 0 Å². The monoisotopic (exact) mass is 206 g/mol. The first-order valence-corrected chi connectivity index (χ1v) is 5.36. The van der Waals surface area contributed by atoms with Gasteiger partial charge in [-0.05, 0) is 12.8 Å². The van der Waals surface area contributed by atoms with Crippen molar-refractivity contribution in [2.24, 2.45) is 11.7 Å². The number of nitrogens with two attached hydrogens (primary N) is 1. The molecular formula is C11H18N4. The standard InChI is InChI=1S/C11H18N4/c1-8(2)7-14-4-5-15-11(14)10(6-12)9(3)13-15/h4-5,8H,6-7,12H2,1-3H3. The summed E-state index contributed by atoms with van der Waals surface area (Å²) in [6.45, 7) is 7.99. The van der Waals surface area contributed by atoms with Gasteiger partial charge in [0.05, 0.1) is 5.69 Å². The van der Waals surface area contributed by atoms with E-state index in [0.717, 1.165) is 23.4 Å². The molecule has 0 aliphatic rings. The molecule has 0 unspecified atom stereocenters. The number of hydrogen-bond donors (Lipinski definition) is 1. The number of aromatic nitrogens is 3. The van der Waals surface area contributed by atoms with E-state index in [4.69, 9.17) is 5.73 Å². The maximum absolute atomic E-state index is 5.75. The van der Waals surface area contributed by atoms with Crippen molar-refractivity contribution in [2.75, 3.05) is 0 Å². The minimum absolute atomic E-state index is 0.553. The van der Waals surface area contributed by atoms with Crippen molar-refractivity contribution in [1.82, 2.24) is 14.2 Å². The van der Waals surface area contributed by atoms with Gasteiger partial charge in [0.15, 0.2) is 0 Å². The third-order valence-electron chi connectivity index (χ3n) is 2.61. The number of fused-ring (bicyclic) bond motifs is 1. The number of hydrogen-bond acceptors (Lipinski definition) is 2. The molecule has 0 aromatic carbocycles. The van der Waals surface area contributed by atoms with Crippen molar-refractivity contribution in [3.8, 4) is 0 Å². The quantitative estimate of drug-likeness (QED) is 0.828. The molecule has 2 N–H and O–H groups in total. The van der Waals surface area contributed by atoms with Gasteiger partial charge in [0.25, 0.3) is 0 Å². The first-order valence-electron chi connectivity index (χ1n) is 5.36. The average molecular weight is 206 g/mol. The van der Waals surface area contributed by atoms with E-state index < -0.39 is 0 Å². The van der Waals surface area contributed by atoms with Crippen LogP contribution < -0.4 is 5.73 Å². The Hall–Kier alpha value is -1.29. The highest BCUT2D eigenvalue weighted by Crippen LogP contribution is 2.16. The summed E-state index contributed by atoms with van der Waals surface area (Å²) in [5, 5.41) is 4.43. The maximum atomic E-state index is 5.75. The summed E-state index contributed by atoms with van der Waals surface area (Å²) in [6.07, 6.45) is 4.06. The Morgan fingerprint density at radius 1 is 1.40 bits per heavy atom. The first-order chi connectivity index (χ1) is 7.13. The molecule has 0 bridgehead atoms. The topological polar surface area (TPSA) is 48.2 Å². The van der Waals surface area contributed by atoms with Gasteiger partial charge in [-0.2, -0.15) is 5.10 Å². The smallest absolute Gasteiger partial charge is 0.140 e. The van der Waals surface area contributed by atoms with Gasteiger partial charge in [-0.15, -0.1) is 0 Å². The lowest BCUT2D eigenvalue weighted by molar-refractivity contribution is 0.533. The molecule has 82 valence electrons. The van der Waals surface area contributed by atoms with E-state index in [1.807, 2.05) is 17.6 Å². The zero-order valence-corrected chi connectivity index (χ0v) is 9.57. The Balaban J connectivity index is 2.55. The molecule has 0 aliphatic carbocycles. The van der Waals surface area contributed by atoms with Crippen molar-refractivity contribution in [1.29, 1.82) is 0 Å². The van der Waals surface area contributed by atoms with Crippen molar-refractivity contribution in [3.05, 3.63) is 23.7 Å². The zero-order valence-electron chi connectivity index (χ0n) is 9.57. The Labute approximate surface area is 89.7 Å². The maximum Gasteiger partial charge on any atom is 0.140 e. The Morgan fingerprint density at radius 3 is 2.73 bits per heavy atom. The summed E-state index contributed by atoms with van der Waals surface area (Å²) in [6, 6.07) is 0. The molecule has 2 aromatic rings. The zero-order chi connectivity index (χ0) is 11.0. The summed E-state index contributed by atoms with van der Waals surface area (Å²) >= 11 is 0. The van der Waals surface area contributed by atoms with Crippen LogP contribution in [-0.4, -0.2) is 14.2 Å². The second-order valence-corrected chi connectivity index (χ2v) is 4.38. The van der Waals surface area contributed by atoms with Crippen LogP contribution in [0.5, 0.6) is 0 Å². The van der Waals surface area contributed by atoms with Crippen LogP contribution in [0.2, 0.25) is 0 Å². The molecule has 0 spiro atoms. The highest BCUT2D eigenvalue weighted by molar-refractivity contribution is 5.51. The van der Waals surface area contributed by atoms with Crippen LogP contribution in [0.1, 0.15) is 25.1 Å². The van der Waals surface area contributed by atoms with Crippen LogP contribution in [0.3, 0.4) is 0 Å². The lowest BCUT2D eigenvalue weighted by Crippen LogP contribution is -2.06. The summed E-state index contributed by atoms with van der Waals surface area (Å²) < 4.78 is 4.15. The lowest BCUT2D eigenvalue weighted by atomic mass is 10.2. The Kier molecular flexibility index (Phi) is 2.52. The SMILES string of the molecule is Cc1nn2ccn(CC(C)C)c2c1CN. The number of imidazole rings is 1. The van der Waals surface area contributed by atoms with E-state index in [2.05, 4.69) is 29.7 Å². The van der Waals surface area contributed by atoms with Crippen LogP contribution in [0, 0.1) is 12.8 Å². The summed E-state index contributed by atoms with van der Waals surface area (Å²) in [4.78, 5) is 0. The van der Waals surface area contributed by atoms with Gasteiger partial charge in [-0.1, -0.05) is 13.8 Å². The largest absolute Gasteiger partial charge is 0.331 e. The molecule has 2 heterocycles. The molecule has 0 radical (unpaired) electrons. The van der Waals surface area contributed by atoms with E-state index in [-0.39, 0.29) is 0 Å². The van der Waals surface area contributed by atoms with E-state index in [1.54, 1.807) is 0 Å². The normalized spacial score (nSPS) is 11.8. The van der Waals surface area contributed by atoms with E-state index >= 15 is 0 Å². The molecule has 4 heteroatoms. The van der Waals surface area contributed by atoms with E-state index in [9.17, 15) is 0 Å². The van der Waals surface area contributed by atoms with Crippen LogP contribution in [0.15, 0.2) is 12.4 Å². The number of nitrogens with zero attached hydrogens (tertiary/aromatic N) is 3. The van der Waals surface area contributed by atoms with Crippen LogP contribution in [-0.2, 0) is 13.1 Å². The molecule has 0 fully saturated rings. The van der Waals surface area contributed by atoms with Gasteiger partial charge >= 0.3 is 0 Å². The van der Waals surface area contributed by atoms with Crippen molar-refractivity contribution < 1.29 is 0 Å². The van der Waals surface area contributed by atoms with Gasteiger partial charge < -0.3 is 10.3 Å². The molecule has 0 amide bonds. The van der Waals surface area contributed by atoms with Gasteiger partial charge in [0, 0.05) is 31.0 Å². The van der Waals surface area contributed by atoms with Crippen LogP contribution >= 0.6 is 0 Å². The minimum atomic E-state index is 0.553. The van der Waals surface area contributed by atoms with E-state index in [1.165, 1.54) is 0 Å². The van der Waals surface area contributed by atoms with Crippen molar-refractivity contribution >= 4 is 5.65 Å². The second-order valence-electron chi connectivity index (χ2n) is 4.38. The van der Waals surface area contributed by atoms with Gasteiger partial charge in [0.1, 0.15) is 5.65 Å². The minimum Gasteiger partial charge on any atom is -0.331 e. The molecule has 0 saturated carbocycles. The number of rotatable bonds is 3.